The largest absolute Gasteiger partial charge is 0.456 e. The molecule has 4 fully saturated rings. The van der Waals surface area contributed by atoms with Gasteiger partial charge < -0.3 is 57.8 Å². The highest BCUT2D eigenvalue weighted by atomic mass is 16.6. The number of ketones is 1. The number of aliphatic hydroxyl groups is 1. The van der Waals surface area contributed by atoms with Crippen molar-refractivity contribution in [1.29, 1.82) is 0 Å². The van der Waals surface area contributed by atoms with Gasteiger partial charge in [0.05, 0.1) is 68.2 Å². The van der Waals surface area contributed by atoms with Crippen LogP contribution in [0.3, 0.4) is 0 Å². The van der Waals surface area contributed by atoms with Crippen LogP contribution in [-0.2, 0) is 61.8 Å². The standard InChI is InChI=1S/C52H69NO16/c1-30-35(66-46(57)41(65-34-21-22-34)39(32-17-13-11-14-18-32)53-47(58)69-48(3,4)5)28-52(59)44(67-45(56)33-19-15-12-16-20-33)42-50(8,43(55)40(63-26-24-61-10)38(30)49(52,6)7)36(62-25-23-60-9)27-37-51(42,29-64-37)68-31(2)54/h11-20,34-37,39-42,44,59H,21-29H2,1-10H3,(H,53,58)/t35-,36-,37+,39-,40+,41+,42?,44-,50+,51-,52+/m0/s1. The third-order valence-corrected chi connectivity index (χ3v) is 14.5. The van der Waals surface area contributed by atoms with Gasteiger partial charge >= 0.3 is 24.0 Å². The van der Waals surface area contributed by atoms with Crippen LogP contribution in [0.25, 0.3) is 0 Å². The number of carbonyl (C=O) groups excluding carboxylic acids is 5. The van der Waals surface area contributed by atoms with Crippen LogP contribution in [0.2, 0.25) is 0 Å². The Hall–Kier alpha value is -4.75. The summed E-state index contributed by atoms with van der Waals surface area (Å²) in [6, 6.07) is 15.9. The Morgan fingerprint density at radius 3 is 2.07 bits per heavy atom. The molecule has 3 saturated carbocycles. The number of ether oxygens (including phenoxy) is 10. The van der Waals surface area contributed by atoms with Crippen molar-refractivity contribution in [3.8, 4) is 0 Å². The second-order valence-corrected chi connectivity index (χ2v) is 20.6. The molecule has 1 unspecified atom stereocenters. The number of alkyl carbamates (subject to hydrolysis) is 1. The van der Waals surface area contributed by atoms with Crippen LogP contribution in [0.5, 0.6) is 0 Å². The lowest BCUT2D eigenvalue weighted by Gasteiger charge is -2.68. The quantitative estimate of drug-likeness (QED) is 0.0784. The summed E-state index contributed by atoms with van der Waals surface area (Å²) >= 11 is 0. The van der Waals surface area contributed by atoms with Crippen molar-refractivity contribution in [2.24, 2.45) is 16.7 Å². The Morgan fingerprint density at radius 1 is 0.884 bits per heavy atom. The predicted molar refractivity (Wildman–Crippen MR) is 247 cm³/mol. The molecule has 2 N–H and O–H groups in total. The molecule has 1 saturated heterocycles. The highest BCUT2D eigenvalue weighted by Crippen LogP contribution is 2.65. The van der Waals surface area contributed by atoms with Crippen molar-refractivity contribution in [2.45, 2.75) is 147 Å². The Labute approximate surface area is 404 Å². The SMILES string of the molecule is COCCO[C@H]1C(=O)[C@@]2(C)C([C@H](OC(=O)c3ccccc3)[C@]3(O)C[C@H](OC(=O)[C@H](OC4CC4)[C@@H](NC(=O)OC(C)(C)C)c4ccccc4)C(C)=C1C3(C)C)[C@]1(OC(C)=O)CO[C@@H]1C[C@@H]2OCCOC. The Morgan fingerprint density at radius 2 is 1.51 bits per heavy atom. The molecule has 2 aromatic carbocycles. The van der Waals surface area contributed by atoms with Crippen molar-refractivity contribution < 1.29 is 76.4 Å². The monoisotopic (exact) mass is 963 g/mol. The van der Waals surface area contributed by atoms with Gasteiger partial charge in [-0.2, -0.15) is 0 Å². The molecule has 1 aliphatic heterocycles. The third kappa shape index (κ3) is 10.2. The van der Waals surface area contributed by atoms with Crippen molar-refractivity contribution in [2.75, 3.05) is 47.3 Å². The van der Waals surface area contributed by atoms with Crippen LogP contribution in [0.4, 0.5) is 4.79 Å². The van der Waals surface area contributed by atoms with Gasteiger partial charge in [0.2, 0.25) is 0 Å². The maximum atomic E-state index is 16.3. The minimum absolute atomic E-state index is 0.0556. The number of benzene rings is 2. The predicted octanol–water partition coefficient (Wildman–Crippen LogP) is 5.79. The number of Topliss-reactive ketones (excluding diaryl/α,β-unsaturated/α-hetero) is 1. The number of rotatable bonds is 18. The van der Waals surface area contributed by atoms with Gasteiger partial charge in [0.25, 0.3) is 0 Å². The summed E-state index contributed by atoms with van der Waals surface area (Å²) in [6.45, 7) is 13.3. The second-order valence-electron chi connectivity index (χ2n) is 20.6. The van der Waals surface area contributed by atoms with E-state index in [-0.39, 0.29) is 63.1 Å². The van der Waals surface area contributed by atoms with Gasteiger partial charge in [0.1, 0.15) is 35.6 Å². The summed E-state index contributed by atoms with van der Waals surface area (Å²) in [6.07, 6.45) is -7.76. The van der Waals surface area contributed by atoms with E-state index in [1.807, 2.05) is 0 Å². The highest BCUT2D eigenvalue weighted by Gasteiger charge is 2.78. The highest BCUT2D eigenvalue weighted by molar-refractivity contribution is 5.94. The molecular weight excluding hydrogens is 895 g/mol. The minimum Gasteiger partial charge on any atom is -0.456 e. The van der Waals surface area contributed by atoms with Gasteiger partial charge in [-0.15, -0.1) is 0 Å². The van der Waals surface area contributed by atoms with E-state index in [0.29, 0.717) is 24.0 Å². The van der Waals surface area contributed by atoms with Crippen LogP contribution in [0.1, 0.15) is 103 Å². The van der Waals surface area contributed by atoms with Crippen LogP contribution in [-0.4, -0.2) is 142 Å². The first-order valence-corrected chi connectivity index (χ1v) is 23.8. The number of nitrogens with one attached hydrogen (secondary N) is 1. The smallest absolute Gasteiger partial charge is 0.408 e. The fourth-order valence-corrected chi connectivity index (χ4v) is 11.0. The molecule has 0 aromatic heterocycles. The normalized spacial score (nSPS) is 31.3. The molecule has 2 bridgehead atoms. The second kappa shape index (κ2) is 20.5. The number of amides is 1. The molecule has 7 rings (SSSR count). The minimum atomic E-state index is -2.24. The fraction of sp³-hybridized carbons (Fsp3) is 0.635. The lowest BCUT2D eigenvalue weighted by atomic mass is 9.44. The number of hydrogen-bond acceptors (Lipinski definition) is 16. The van der Waals surface area contributed by atoms with Crippen molar-refractivity contribution >= 4 is 29.8 Å². The first-order chi connectivity index (χ1) is 32.6. The molecule has 5 aliphatic rings. The fourth-order valence-electron chi connectivity index (χ4n) is 11.0. The molecule has 4 aliphatic carbocycles. The zero-order chi connectivity index (χ0) is 50.1. The lowest BCUT2D eigenvalue weighted by molar-refractivity contribution is -0.349. The molecule has 378 valence electrons. The Kier molecular flexibility index (Phi) is 15.5. The average molecular weight is 964 g/mol. The zero-order valence-corrected chi connectivity index (χ0v) is 41.4. The molecule has 11 atom stereocenters. The average Bonchev–Trinajstić information content (AvgIpc) is 4.12. The first-order valence-electron chi connectivity index (χ1n) is 23.8. The summed E-state index contributed by atoms with van der Waals surface area (Å²) in [5, 5.41) is 17.0. The molecule has 17 nitrogen and oxygen atoms in total. The molecular formula is C52H69NO16. The maximum Gasteiger partial charge on any atom is 0.408 e. The first kappa shape index (κ1) is 52.1. The summed E-state index contributed by atoms with van der Waals surface area (Å²) in [7, 11) is 3.02. The van der Waals surface area contributed by atoms with E-state index in [9.17, 15) is 19.5 Å². The van der Waals surface area contributed by atoms with E-state index in [0.717, 1.165) is 0 Å². The Bertz CT molecular complexity index is 2220. The number of esters is 3. The van der Waals surface area contributed by atoms with Gasteiger partial charge in [-0.3, -0.25) is 9.59 Å². The number of fused-ring (bicyclic) bond motifs is 5. The van der Waals surface area contributed by atoms with E-state index in [2.05, 4.69) is 5.32 Å². The van der Waals surface area contributed by atoms with Crippen LogP contribution in [0, 0.1) is 16.7 Å². The molecule has 17 heteroatoms. The molecule has 0 radical (unpaired) electrons. The summed E-state index contributed by atoms with van der Waals surface area (Å²) in [5.74, 6) is -4.26. The van der Waals surface area contributed by atoms with Crippen LogP contribution >= 0.6 is 0 Å². The number of methoxy groups -OCH3 is 2. The molecule has 1 amide bonds. The molecule has 69 heavy (non-hydrogen) atoms. The van der Waals surface area contributed by atoms with E-state index < -0.39 is 106 Å². The van der Waals surface area contributed by atoms with Gasteiger partial charge in [0.15, 0.2) is 17.5 Å². The van der Waals surface area contributed by atoms with Gasteiger partial charge in [-0.1, -0.05) is 62.4 Å². The molecule has 2 aromatic rings. The lowest BCUT2D eigenvalue weighted by Crippen LogP contribution is -2.82. The van der Waals surface area contributed by atoms with E-state index in [1.165, 1.54) is 21.1 Å². The third-order valence-electron chi connectivity index (χ3n) is 14.5. The van der Waals surface area contributed by atoms with Gasteiger partial charge in [0, 0.05) is 39.4 Å². The summed E-state index contributed by atoms with van der Waals surface area (Å²) in [4.78, 5) is 72.8. The topological polar surface area (TPSA) is 210 Å². The maximum absolute atomic E-state index is 16.3. The zero-order valence-electron chi connectivity index (χ0n) is 41.4. The summed E-state index contributed by atoms with van der Waals surface area (Å²) < 4.78 is 61.8. The number of hydrogen-bond donors (Lipinski definition) is 2. The van der Waals surface area contributed by atoms with Crippen LogP contribution in [0.15, 0.2) is 71.8 Å². The molecule has 1 heterocycles. The van der Waals surface area contributed by atoms with E-state index in [4.69, 9.17) is 47.4 Å². The Balaban J connectivity index is 1.43. The van der Waals surface area contributed by atoms with Gasteiger partial charge in [-0.25, -0.2) is 14.4 Å². The van der Waals surface area contributed by atoms with E-state index >= 15 is 9.59 Å². The molecule has 0 spiro atoms. The van der Waals surface area contributed by atoms with Crippen molar-refractivity contribution in [3.63, 3.8) is 0 Å². The number of carbonyl (C=O) groups is 5. The van der Waals surface area contributed by atoms with E-state index in [1.54, 1.807) is 109 Å². The van der Waals surface area contributed by atoms with Crippen molar-refractivity contribution in [3.05, 3.63) is 82.9 Å². The van der Waals surface area contributed by atoms with Crippen molar-refractivity contribution in [1.82, 2.24) is 5.32 Å². The summed E-state index contributed by atoms with van der Waals surface area (Å²) in [5.41, 5.74) is -6.62. The van der Waals surface area contributed by atoms with Crippen LogP contribution < -0.4 is 5.32 Å². The van der Waals surface area contributed by atoms with Gasteiger partial charge in [-0.05, 0) is 76.3 Å².